The number of amides is 3. The number of methoxy groups -OCH3 is 1. The van der Waals surface area contributed by atoms with E-state index in [0.29, 0.717) is 17.1 Å². The van der Waals surface area contributed by atoms with Crippen LogP contribution in [0.5, 0.6) is 5.75 Å². The Morgan fingerprint density at radius 3 is 2.43 bits per heavy atom. The van der Waals surface area contributed by atoms with Crippen LogP contribution in [0.2, 0.25) is 0 Å². The van der Waals surface area contributed by atoms with E-state index >= 15 is 0 Å². The molecule has 9 nitrogen and oxygen atoms in total. The third-order valence-corrected chi connectivity index (χ3v) is 7.93. The molecule has 1 aromatic heterocycles. The molecule has 0 aliphatic carbocycles. The molecule has 3 amide bonds. The monoisotopic (exact) mass is 589 g/mol. The van der Waals surface area contributed by atoms with Crippen molar-refractivity contribution >= 4 is 50.8 Å². The molecule has 2 heterocycles. The van der Waals surface area contributed by atoms with Crippen LogP contribution in [0.25, 0.3) is 21.8 Å². The van der Waals surface area contributed by atoms with Crippen molar-refractivity contribution in [3.63, 3.8) is 0 Å². The third-order valence-electron chi connectivity index (χ3n) is 7.93. The SMILES string of the molecule is CCn1c2ccccc2c2cc(NC(=O)[C@@H]3CC(=NOCc4ccc(OC)cc4)CN3C(=O)Nc3cccc(C)c3)ccc21. The van der Waals surface area contributed by atoms with Gasteiger partial charge in [-0.15, -0.1) is 0 Å². The number of para-hydroxylation sites is 1. The van der Waals surface area contributed by atoms with Gasteiger partial charge in [-0.25, -0.2) is 4.79 Å². The van der Waals surface area contributed by atoms with Crippen molar-refractivity contribution in [2.24, 2.45) is 5.16 Å². The summed E-state index contributed by atoms with van der Waals surface area (Å²) in [4.78, 5) is 34.4. The summed E-state index contributed by atoms with van der Waals surface area (Å²) in [7, 11) is 1.62. The zero-order chi connectivity index (χ0) is 30.6. The fourth-order valence-corrected chi connectivity index (χ4v) is 5.75. The normalized spacial score (nSPS) is 15.6. The molecule has 6 rings (SSSR count). The number of aryl methyl sites for hydroxylation is 2. The Hall–Kier alpha value is -5.31. The predicted molar refractivity (Wildman–Crippen MR) is 174 cm³/mol. The largest absolute Gasteiger partial charge is 0.497 e. The summed E-state index contributed by atoms with van der Waals surface area (Å²) < 4.78 is 7.47. The smallest absolute Gasteiger partial charge is 0.322 e. The highest BCUT2D eigenvalue weighted by Crippen LogP contribution is 2.31. The Morgan fingerprint density at radius 1 is 0.886 bits per heavy atom. The van der Waals surface area contributed by atoms with Crippen LogP contribution in [-0.2, 0) is 22.8 Å². The minimum absolute atomic E-state index is 0.168. The number of ether oxygens (including phenoxy) is 1. The van der Waals surface area contributed by atoms with Gasteiger partial charge in [-0.1, -0.05) is 47.6 Å². The molecule has 0 spiro atoms. The van der Waals surface area contributed by atoms with E-state index in [0.717, 1.165) is 45.2 Å². The summed E-state index contributed by atoms with van der Waals surface area (Å²) in [6.45, 7) is 5.34. The first-order chi connectivity index (χ1) is 21.4. The molecule has 1 fully saturated rings. The van der Waals surface area contributed by atoms with E-state index < -0.39 is 6.04 Å². The maximum absolute atomic E-state index is 13.8. The van der Waals surface area contributed by atoms with Crippen LogP contribution in [0, 0.1) is 6.92 Å². The highest BCUT2D eigenvalue weighted by molar-refractivity contribution is 6.11. The summed E-state index contributed by atoms with van der Waals surface area (Å²) >= 11 is 0. The molecule has 5 aromatic rings. The van der Waals surface area contributed by atoms with Gasteiger partial charge >= 0.3 is 6.03 Å². The van der Waals surface area contributed by atoms with Gasteiger partial charge in [0.15, 0.2) is 0 Å². The first kappa shape index (κ1) is 28.8. The van der Waals surface area contributed by atoms with Gasteiger partial charge in [0.05, 0.1) is 19.4 Å². The maximum atomic E-state index is 13.8. The molecular weight excluding hydrogens is 554 g/mol. The number of likely N-dealkylation sites (tertiary alicyclic amines) is 1. The fourth-order valence-electron chi connectivity index (χ4n) is 5.75. The number of carbonyl (C=O) groups is 2. The van der Waals surface area contributed by atoms with Gasteiger partial charge in [-0.3, -0.25) is 4.79 Å². The fraction of sp³-hybridized carbons (Fsp3) is 0.229. The van der Waals surface area contributed by atoms with E-state index in [1.54, 1.807) is 7.11 Å². The lowest BCUT2D eigenvalue weighted by Crippen LogP contribution is -2.45. The van der Waals surface area contributed by atoms with Crippen molar-refractivity contribution in [3.8, 4) is 5.75 Å². The molecule has 1 saturated heterocycles. The molecule has 0 bridgehead atoms. The average molecular weight is 590 g/mol. The lowest BCUT2D eigenvalue weighted by Gasteiger charge is -2.23. The van der Waals surface area contributed by atoms with Crippen molar-refractivity contribution in [3.05, 3.63) is 102 Å². The topological polar surface area (TPSA) is 97.2 Å². The van der Waals surface area contributed by atoms with Crippen molar-refractivity contribution in [1.82, 2.24) is 9.47 Å². The second kappa shape index (κ2) is 12.5. The van der Waals surface area contributed by atoms with E-state index in [1.165, 1.54) is 4.90 Å². The molecule has 9 heteroatoms. The van der Waals surface area contributed by atoms with Crippen LogP contribution >= 0.6 is 0 Å². The molecular formula is C35H35N5O4. The second-order valence-corrected chi connectivity index (χ2v) is 10.9. The van der Waals surface area contributed by atoms with Crippen LogP contribution in [-0.4, -0.2) is 46.8 Å². The maximum Gasteiger partial charge on any atom is 0.322 e. The summed E-state index contributed by atoms with van der Waals surface area (Å²) in [6, 6.07) is 28.1. The van der Waals surface area contributed by atoms with Gasteiger partial charge in [-0.05, 0) is 73.5 Å². The molecule has 4 aromatic carbocycles. The lowest BCUT2D eigenvalue weighted by atomic mass is 10.1. The van der Waals surface area contributed by atoms with Crippen molar-refractivity contribution in [2.45, 2.75) is 39.5 Å². The Bertz CT molecular complexity index is 1860. The Labute approximate surface area is 256 Å². The number of nitrogens with one attached hydrogen (secondary N) is 2. The number of carbonyl (C=O) groups excluding carboxylic acids is 2. The molecule has 0 radical (unpaired) electrons. The zero-order valence-electron chi connectivity index (χ0n) is 25.0. The van der Waals surface area contributed by atoms with Crippen LogP contribution in [0.3, 0.4) is 0 Å². The molecule has 1 aliphatic rings. The zero-order valence-corrected chi connectivity index (χ0v) is 25.0. The Balaban J connectivity index is 1.22. The number of urea groups is 1. The van der Waals surface area contributed by atoms with E-state index in [9.17, 15) is 9.59 Å². The third kappa shape index (κ3) is 5.94. The predicted octanol–water partition coefficient (Wildman–Crippen LogP) is 6.95. The minimum atomic E-state index is -0.768. The van der Waals surface area contributed by atoms with Crippen LogP contribution in [0.4, 0.5) is 16.2 Å². The molecule has 2 N–H and O–H groups in total. The first-order valence-electron chi connectivity index (χ1n) is 14.7. The molecule has 0 saturated carbocycles. The van der Waals surface area contributed by atoms with Gasteiger partial charge in [-0.2, -0.15) is 0 Å². The Morgan fingerprint density at radius 2 is 1.66 bits per heavy atom. The number of aromatic nitrogens is 1. The highest BCUT2D eigenvalue weighted by atomic mass is 16.6. The van der Waals surface area contributed by atoms with Crippen molar-refractivity contribution in [1.29, 1.82) is 0 Å². The summed E-state index contributed by atoms with van der Waals surface area (Å²) in [6.07, 6.45) is 0.257. The number of rotatable bonds is 8. The van der Waals surface area contributed by atoms with Gasteiger partial charge in [0, 0.05) is 46.1 Å². The summed E-state index contributed by atoms with van der Waals surface area (Å²) in [5.74, 6) is 0.471. The van der Waals surface area contributed by atoms with Gasteiger partial charge in [0.25, 0.3) is 0 Å². The van der Waals surface area contributed by atoms with Gasteiger partial charge in [0.2, 0.25) is 5.91 Å². The minimum Gasteiger partial charge on any atom is -0.497 e. The number of nitrogens with zero attached hydrogens (tertiary/aromatic N) is 3. The second-order valence-electron chi connectivity index (χ2n) is 10.9. The average Bonchev–Trinajstić information content (AvgIpc) is 3.61. The van der Waals surface area contributed by atoms with Crippen molar-refractivity contribution in [2.75, 3.05) is 24.3 Å². The van der Waals surface area contributed by atoms with Crippen LogP contribution < -0.4 is 15.4 Å². The number of hydrogen-bond donors (Lipinski definition) is 2. The molecule has 44 heavy (non-hydrogen) atoms. The molecule has 0 unspecified atom stereocenters. The lowest BCUT2D eigenvalue weighted by molar-refractivity contribution is -0.119. The van der Waals surface area contributed by atoms with Crippen molar-refractivity contribution < 1.29 is 19.2 Å². The van der Waals surface area contributed by atoms with Gasteiger partial charge in [0.1, 0.15) is 18.4 Å². The number of fused-ring (bicyclic) bond motifs is 3. The van der Waals surface area contributed by atoms with Crippen LogP contribution in [0.1, 0.15) is 24.5 Å². The highest BCUT2D eigenvalue weighted by Gasteiger charge is 2.38. The van der Waals surface area contributed by atoms with E-state index in [1.807, 2.05) is 85.8 Å². The quantitative estimate of drug-likeness (QED) is 0.192. The van der Waals surface area contributed by atoms with E-state index in [-0.39, 0.29) is 31.5 Å². The molecule has 224 valence electrons. The Kier molecular flexibility index (Phi) is 8.18. The van der Waals surface area contributed by atoms with Crippen LogP contribution in [0.15, 0.2) is 96.2 Å². The molecule has 1 aliphatic heterocycles. The standard InChI is InChI=1S/C35H35N5O4/c1-4-39-31-11-6-5-10-29(31)30-19-26(14-17-32(30)39)36-34(41)33-20-27(38-44-22-24-12-15-28(43-3)16-13-24)21-40(33)35(42)37-25-9-7-8-23(2)18-25/h5-19,33H,4,20-22H2,1-3H3,(H,36,41)(H,37,42)/t33-/m0/s1. The van der Waals surface area contributed by atoms with E-state index in [2.05, 4.69) is 39.4 Å². The summed E-state index contributed by atoms with van der Waals surface area (Å²) in [5, 5.41) is 12.5. The summed E-state index contributed by atoms with van der Waals surface area (Å²) in [5.41, 5.74) is 6.15. The van der Waals surface area contributed by atoms with Gasteiger partial charge < -0.3 is 29.7 Å². The van der Waals surface area contributed by atoms with E-state index in [4.69, 9.17) is 9.57 Å². The first-order valence-corrected chi connectivity index (χ1v) is 14.7. The number of benzene rings is 4. The molecule has 1 atom stereocenters. The number of oxime groups is 1. The number of hydrogen-bond acceptors (Lipinski definition) is 5. The number of anilines is 2.